The molecular formula is C12H10O5P2. The molecule has 0 bridgehead atoms. The van der Waals surface area contributed by atoms with Crippen LogP contribution in [-0.4, -0.2) is 9.79 Å². The van der Waals surface area contributed by atoms with Crippen LogP contribution in [0.15, 0.2) is 42.5 Å². The van der Waals surface area contributed by atoms with Crippen LogP contribution in [0.1, 0.15) is 0 Å². The van der Waals surface area contributed by atoms with Gasteiger partial charge in [-0.1, -0.05) is 30.3 Å². The van der Waals surface area contributed by atoms with Crippen molar-refractivity contribution in [2.24, 2.45) is 0 Å². The van der Waals surface area contributed by atoms with Gasteiger partial charge < -0.3 is 18.8 Å². The van der Waals surface area contributed by atoms with Crippen LogP contribution >= 0.6 is 16.6 Å². The van der Waals surface area contributed by atoms with Gasteiger partial charge in [0.2, 0.25) is 0 Å². The van der Waals surface area contributed by atoms with Gasteiger partial charge in [-0.3, -0.25) is 4.57 Å². The first-order valence-corrected chi connectivity index (χ1v) is 7.95. The smallest absolute Gasteiger partial charge is 0.391 e. The van der Waals surface area contributed by atoms with Crippen molar-refractivity contribution in [2.45, 2.75) is 0 Å². The summed E-state index contributed by atoms with van der Waals surface area (Å²) in [6.45, 7) is 0. The van der Waals surface area contributed by atoms with Gasteiger partial charge in [-0.05, 0) is 12.1 Å². The van der Waals surface area contributed by atoms with E-state index in [1.54, 1.807) is 24.3 Å². The molecule has 2 aromatic rings. The zero-order valence-corrected chi connectivity index (χ0v) is 11.5. The molecule has 0 saturated carbocycles. The molecule has 1 heterocycles. The van der Waals surface area contributed by atoms with Crippen LogP contribution in [0.5, 0.6) is 11.5 Å². The second-order valence-corrected chi connectivity index (χ2v) is 5.88. The first-order chi connectivity index (χ1) is 9.16. The van der Waals surface area contributed by atoms with Gasteiger partial charge in [0.25, 0.3) is 8.03 Å². The summed E-state index contributed by atoms with van der Waals surface area (Å²) in [5, 5.41) is 0.391. The van der Waals surface area contributed by atoms with Crippen molar-refractivity contribution < 1.29 is 23.4 Å². The van der Waals surface area contributed by atoms with Crippen molar-refractivity contribution in [3.05, 3.63) is 42.5 Å². The zero-order valence-electron chi connectivity index (χ0n) is 9.61. The fourth-order valence-corrected chi connectivity index (χ4v) is 3.73. The Balaban J connectivity index is 2.21. The number of hydrogen-bond acceptors (Lipinski definition) is 5. The Labute approximate surface area is 111 Å². The minimum Gasteiger partial charge on any atom is -0.441 e. The van der Waals surface area contributed by atoms with E-state index in [4.69, 9.17) is 18.8 Å². The first kappa shape index (κ1) is 12.6. The van der Waals surface area contributed by atoms with Crippen LogP contribution in [0.2, 0.25) is 0 Å². The summed E-state index contributed by atoms with van der Waals surface area (Å²) in [6, 6.07) is 12.3. The van der Waals surface area contributed by atoms with Crippen molar-refractivity contribution in [3.8, 4) is 22.6 Å². The molecule has 2 N–H and O–H groups in total. The lowest BCUT2D eigenvalue weighted by molar-refractivity contribution is 0.376. The van der Waals surface area contributed by atoms with Crippen molar-refractivity contribution >= 4 is 21.9 Å². The van der Waals surface area contributed by atoms with Crippen molar-refractivity contribution in [2.75, 3.05) is 0 Å². The van der Waals surface area contributed by atoms with E-state index in [2.05, 4.69) is 0 Å². The fourth-order valence-electron chi connectivity index (χ4n) is 2.06. The lowest BCUT2D eigenvalue weighted by atomic mass is 10.0. The van der Waals surface area contributed by atoms with Gasteiger partial charge in [0.15, 0.2) is 0 Å². The van der Waals surface area contributed by atoms with E-state index in [1.807, 2.05) is 18.2 Å². The molecule has 0 spiro atoms. The molecule has 1 aliphatic rings. The van der Waals surface area contributed by atoms with Gasteiger partial charge in [-0.15, -0.1) is 0 Å². The standard InChI is InChI=1S/C12H10O5P2/c13-18-12-9(5-3-7-11(12)17-19(14)15)8-4-1-2-6-10(8)16-18/h1-7,14-15,18H. The van der Waals surface area contributed by atoms with Crippen molar-refractivity contribution in [1.82, 2.24) is 0 Å². The summed E-state index contributed by atoms with van der Waals surface area (Å²) in [5.41, 5.74) is 1.55. The summed E-state index contributed by atoms with van der Waals surface area (Å²) in [4.78, 5) is 17.9. The van der Waals surface area contributed by atoms with Crippen LogP contribution in [0.3, 0.4) is 0 Å². The molecular weight excluding hydrogens is 286 g/mol. The largest absolute Gasteiger partial charge is 0.441 e. The van der Waals surface area contributed by atoms with Crippen LogP contribution in [0, 0.1) is 0 Å². The maximum atomic E-state index is 12.2. The van der Waals surface area contributed by atoms with Crippen LogP contribution < -0.4 is 14.4 Å². The predicted molar refractivity (Wildman–Crippen MR) is 73.1 cm³/mol. The molecule has 19 heavy (non-hydrogen) atoms. The van der Waals surface area contributed by atoms with Gasteiger partial charge in [0.05, 0.1) is 5.30 Å². The molecule has 0 fully saturated rings. The molecule has 5 nitrogen and oxygen atoms in total. The number of benzene rings is 2. The molecule has 0 aromatic heterocycles. The zero-order chi connectivity index (χ0) is 13.4. The van der Waals surface area contributed by atoms with E-state index >= 15 is 0 Å². The molecule has 0 radical (unpaired) electrons. The monoisotopic (exact) mass is 296 g/mol. The van der Waals surface area contributed by atoms with E-state index in [9.17, 15) is 4.57 Å². The van der Waals surface area contributed by atoms with Gasteiger partial charge in [-0.2, -0.15) is 0 Å². The van der Waals surface area contributed by atoms with Gasteiger partial charge in [0.1, 0.15) is 11.5 Å². The van der Waals surface area contributed by atoms with Gasteiger partial charge in [0, 0.05) is 11.1 Å². The second kappa shape index (κ2) is 4.95. The average molecular weight is 296 g/mol. The molecule has 7 heteroatoms. The average Bonchev–Trinajstić information content (AvgIpc) is 2.38. The Morgan fingerprint density at radius 3 is 2.58 bits per heavy atom. The van der Waals surface area contributed by atoms with Gasteiger partial charge >= 0.3 is 8.60 Å². The molecule has 0 saturated heterocycles. The third kappa shape index (κ3) is 2.26. The van der Waals surface area contributed by atoms with Crippen LogP contribution in [0.4, 0.5) is 0 Å². The lowest BCUT2D eigenvalue weighted by Gasteiger charge is -2.22. The minimum atomic E-state index is -2.56. The highest BCUT2D eigenvalue weighted by Crippen LogP contribution is 2.46. The van der Waals surface area contributed by atoms with Crippen LogP contribution in [0.25, 0.3) is 11.1 Å². The molecule has 1 unspecified atom stereocenters. The molecule has 0 aliphatic carbocycles. The topological polar surface area (TPSA) is 76.0 Å². The maximum Gasteiger partial charge on any atom is 0.391 e. The first-order valence-electron chi connectivity index (χ1n) is 5.47. The number of rotatable bonds is 2. The van der Waals surface area contributed by atoms with Gasteiger partial charge in [-0.25, -0.2) is 0 Å². The lowest BCUT2D eigenvalue weighted by Crippen LogP contribution is -2.12. The molecule has 1 atom stereocenters. The highest BCUT2D eigenvalue weighted by molar-refractivity contribution is 7.49. The summed E-state index contributed by atoms with van der Waals surface area (Å²) in [5.74, 6) is 0.748. The van der Waals surface area contributed by atoms with E-state index < -0.39 is 16.6 Å². The third-order valence-corrected chi connectivity index (χ3v) is 4.48. The highest BCUT2D eigenvalue weighted by Gasteiger charge is 2.26. The van der Waals surface area contributed by atoms with E-state index in [0.717, 1.165) is 11.1 Å². The maximum absolute atomic E-state index is 12.2. The van der Waals surface area contributed by atoms with E-state index in [-0.39, 0.29) is 5.75 Å². The fraction of sp³-hybridized carbons (Fsp3) is 0. The molecule has 2 aromatic carbocycles. The van der Waals surface area contributed by atoms with E-state index in [0.29, 0.717) is 11.1 Å². The van der Waals surface area contributed by atoms with Crippen molar-refractivity contribution in [1.29, 1.82) is 0 Å². The Bertz CT molecular complexity index is 656. The molecule has 0 amide bonds. The Morgan fingerprint density at radius 1 is 1.05 bits per heavy atom. The van der Waals surface area contributed by atoms with Crippen LogP contribution in [-0.2, 0) is 4.57 Å². The summed E-state index contributed by atoms with van der Waals surface area (Å²) in [7, 11) is -5.08. The summed E-state index contributed by atoms with van der Waals surface area (Å²) < 4.78 is 22.5. The Kier molecular flexibility index (Phi) is 3.29. The number of para-hydroxylation sites is 1. The molecule has 98 valence electrons. The SMILES string of the molecule is O=[PH]1Oc2ccccc2-c2cccc(OP(O)O)c21. The van der Waals surface area contributed by atoms with E-state index in [1.165, 1.54) is 0 Å². The van der Waals surface area contributed by atoms with Crippen molar-refractivity contribution in [3.63, 3.8) is 0 Å². The highest BCUT2D eigenvalue weighted by atomic mass is 31.2. The Hall–Kier alpha value is -1.38. The molecule has 3 rings (SSSR count). The second-order valence-electron chi connectivity index (χ2n) is 3.91. The number of fused-ring (bicyclic) bond motifs is 3. The third-order valence-electron chi connectivity index (χ3n) is 2.79. The summed E-state index contributed by atoms with van der Waals surface area (Å²) in [6.07, 6.45) is 0. The molecule has 1 aliphatic heterocycles. The Morgan fingerprint density at radius 2 is 1.79 bits per heavy atom. The normalized spacial score (nSPS) is 16.5. The summed E-state index contributed by atoms with van der Waals surface area (Å²) >= 11 is 0. The quantitative estimate of drug-likeness (QED) is 0.832. The number of hydrogen-bond donors (Lipinski definition) is 2. The minimum absolute atomic E-state index is 0.187. The predicted octanol–water partition coefficient (Wildman–Crippen LogP) is 2.44.